The summed E-state index contributed by atoms with van der Waals surface area (Å²) in [6.07, 6.45) is 0.740. The summed E-state index contributed by atoms with van der Waals surface area (Å²) in [5.41, 5.74) is 2.50. The Morgan fingerprint density at radius 1 is 1.31 bits per heavy atom. The van der Waals surface area contributed by atoms with Crippen molar-refractivity contribution in [3.63, 3.8) is 0 Å². The third-order valence-corrected chi connectivity index (χ3v) is 2.76. The Kier molecular flexibility index (Phi) is 1.83. The zero-order valence-corrected chi connectivity index (χ0v) is 8.80. The molecule has 16 heavy (non-hydrogen) atoms. The normalized spacial score (nSPS) is 11.3. The third kappa shape index (κ3) is 1.10. The molecule has 0 bridgehead atoms. The molecule has 3 aromatic rings. The topological polar surface area (TPSA) is 47.5 Å². The van der Waals surface area contributed by atoms with Gasteiger partial charge in [-0.2, -0.15) is 0 Å². The van der Waals surface area contributed by atoms with Crippen LogP contribution in [0.5, 0.6) is 0 Å². The Morgan fingerprint density at radius 3 is 2.94 bits per heavy atom. The lowest BCUT2D eigenvalue weighted by Gasteiger charge is -1.97. The second-order valence-corrected chi connectivity index (χ2v) is 3.67. The minimum Gasteiger partial charge on any atom is -0.297 e. The van der Waals surface area contributed by atoms with E-state index in [9.17, 15) is 4.79 Å². The predicted molar refractivity (Wildman–Crippen MR) is 60.6 cm³/mol. The number of hydrogen-bond donors (Lipinski definition) is 0. The summed E-state index contributed by atoms with van der Waals surface area (Å²) >= 11 is 0. The fourth-order valence-corrected chi connectivity index (χ4v) is 1.99. The van der Waals surface area contributed by atoms with Crippen molar-refractivity contribution in [2.24, 2.45) is 0 Å². The van der Waals surface area contributed by atoms with Crippen LogP contribution in [0, 0.1) is 0 Å². The van der Waals surface area contributed by atoms with E-state index >= 15 is 0 Å². The maximum atomic E-state index is 11.7. The van der Waals surface area contributed by atoms with Crippen LogP contribution >= 0.6 is 0 Å². The summed E-state index contributed by atoms with van der Waals surface area (Å²) in [7, 11) is 0. The molecular weight excluding hydrogens is 204 g/mol. The van der Waals surface area contributed by atoms with E-state index in [4.69, 9.17) is 4.52 Å². The highest BCUT2D eigenvalue weighted by molar-refractivity contribution is 5.87. The molecule has 0 fully saturated rings. The fourth-order valence-electron chi connectivity index (χ4n) is 1.99. The maximum Gasteiger partial charge on any atom is 0.445 e. The first-order valence-electron chi connectivity index (χ1n) is 5.20. The predicted octanol–water partition coefficient (Wildman–Crippen LogP) is 2.00. The summed E-state index contributed by atoms with van der Waals surface area (Å²) < 4.78 is 6.36. The molecule has 0 aliphatic heterocycles. The van der Waals surface area contributed by atoms with Crippen LogP contribution in [0.3, 0.4) is 0 Å². The van der Waals surface area contributed by atoms with E-state index < -0.39 is 5.76 Å². The molecular formula is C12H10N2O2. The number of hydrogen-bond acceptors (Lipinski definition) is 3. The van der Waals surface area contributed by atoms with Gasteiger partial charge in [0.15, 0.2) is 0 Å². The van der Waals surface area contributed by atoms with Gasteiger partial charge in [-0.15, -0.1) is 0 Å². The Balaban J connectivity index is 2.63. The molecule has 2 aromatic heterocycles. The second kappa shape index (κ2) is 3.20. The lowest BCUT2D eigenvalue weighted by molar-refractivity contribution is 0.340. The first-order valence-corrected chi connectivity index (χ1v) is 5.20. The Hall–Kier alpha value is -2.10. The first-order chi connectivity index (χ1) is 7.81. The molecule has 1 aromatic carbocycles. The Morgan fingerprint density at radius 2 is 2.12 bits per heavy atom. The molecule has 0 saturated carbocycles. The maximum absolute atomic E-state index is 11.7. The van der Waals surface area contributed by atoms with Crippen LogP contribution < -0.4 is 5.76 Å². The monoisotopic (exact) mass is 214 g/mol. The number of benzene rings is 1. The van der Waals surface area contributed by atoms with E-state index in [1.807, 2.05) is 37.3 Å². The minimum absolute atomic E-state index is 0.437. The SMILES string of the molecule is CCc1noc(=O)n2c1cc1ccccc12. The van der Waals surface area contributed by atoms with E-state index in [1.54, 1.807) is 4.40 Å². The van der Waals surface area contributed by atoms with Crippen molar-refractivity contribution < 1.29 is 4.52 Å². The van der Waals surface area contributed by atoms with E-state index in [0.717, 1.165) is 28.5 Å². The quantitative estimate of drug-likeness (QED) is 0.622. The van der Waals surface area contributed by atoms with Gasteiger partial charge in [0, 0.05) is 5.39 Å². The molecule has 0 N–H and O–H groups in total. The molecule has 3 rings (SSSR count). The number of aryl methyl sites for hydroxylation is 1. The molecule has 4 nitrogen and oxygen atoms in total. The molecule has 0 spiro atoms. The second-order valence-electron chi connectivity index (χ2n) is 3.67. The molecule has 0 saturated heterocycles. The van der Waals surface area contributed by atoms with Crippen molar-refractivity contribution >= 4 is 16.4 Å². The van der Waals surface area contributed by atoms with Crippen LogP contribution in [-0.2, 0) is 6.42 Å². The van der Waals surface area contributed by atoms with Crippen molar-refractivity contribution in [2.45, 2.75) is 13.3 Å². The highest BCUT2D eigenvalue weighted by atomic mass is 16.5. The van der Waals surface area contributed by atoms with Crippen LogP contribution in [0.15, 0.2) is 39.6 Å². The Labute approximate surface area is 91.1 Å². The van der Waals surface area contributed by atoms with Gasteiger partial charge in [0.2, 0.25) is 0 Å². The summed E-state index contributed by atoms with van der Waals surface area (Å²) in [4.78, 5) is 11.7. The van der Waals surface area contributed by atoms with Crippen molar-refractivity contribution in [3.05, 3.63) is 46.6 Å². The Bertz CT molecular complexity index is 725. The van der Waals surface area contributed by atoms with Crippen LogP contribution in [-0.4, -0.2) is 9.56 Å². The average molecular weight is 214 g/mol. The number of nitrogens with zero attached hydrogens (tertiary/aromatic N) is 2. The molecule has 0 unspecified atom stereocenters. The summed E-state index contributed by atoms with van der Waals surface area (Å²) in [6.45, 7) is 1.99. The van der Waals surface area contributed by atoms with Gasteiger partial charge in [0.25, 0.3) is 0 Å². The molecule has 0 aliphatic rings. The molecule has 4 heteroatoms. The van der Waals surface area contributed by atoms with Gasteiger partial charge in [-0.25, -0.2) is 9.20 Å². The molecule has 80 valence electrons. The van der Waals surface area contributed by atoms with Gasteiger partial charge in [-0.1, -0.05) is 30.3 Å². The van der Waals surface area contributed by atoms with Crippen molar-refractivity contribution in [3.8, 4) is 0 Å². The van der Waals surface area contributed by atoms with Gasteiger partial charge < -0.3 is 0 Å². The van der Waals surface area contributed by atoms with Crippen LogP contribution in [0.25, 0.3) is 16.4 Å². The van der Waals surface area contributed by atoms with E-state index in [2.05, 4.69) is 5.16 Å². The van der Waals surface area contributed by atoms with Crippen molar-refractivity contribution in [1.82, 2.24) is 9.56 Å². The highest BCUT2D eigenvalue weighted by Gasteiger charge is 2.10. The van der Waals surface area contributed by atoms with Crippen LogP contribution in [0.4, 0.5) is 0 Å². The number of fused-ring (bicyclic) bond motifs is 3. The van der Waals surface area contributed by atoms with Gasteiger partial charge in [-0.05, 0) is 18.6 Å². The number of rotatable bonds is 1. The summed E-state index contributed by atoms with van der Waals surface area (Å²) in [5, 5.41) is 4.84. The standard InChI is InChI=1S/C12H10N2O2/c1-2-9-11-7-8-5-3-4-6-10(8)14(11)12(15)16-13-9/h3-7H,2H2,1H3. The van der Waals surface area contributed by atoms with E-state index in [0.29, 0.717) is 0 Å². The first kappa shape index (κ1) is 9.15. The van der Waals surface area contributed by atoms with Gasteiger partial charge in [0.1, 0.15) is 5.69 Å². The molecule has 0 atom stereocenters. The summed E-state index contributed by atoms with van der Waals surface area (Å²) in [5.74, 6) is -0.437. The zero-order chi connectivity index (χ0) is 11.1. The van der Waals surface area contributed by atoms with Gasteiger partial charge >= 0.3 is 5.76 Å². The van der Waals surface area contributed by atoms with Crippen LogP contribution in [0.2, 0.25) is 0 Å². The fraction of sp³-hybridized carbons (Fsp3) is 0.167. The van der Waals surface area contributed by atoms with Crippen molar-refractivity contribution in [2.75, 3.05) is 0 Å². The van der Waals surface area contributed by atoms with E-state index in [-0.39, 0.29) is 0 Å². The third-order valence-electron chi connectivity index (χ3n) is 2.76. The molecule has 0 radical (unpaired) electrons. The lowest BCUT2D eigenvalue weighted by atomic mass is 10.2. The van der Waals surface area contributed by atoms with Gasteiger partial charge in [-0.3, -0.25) is 4.52 Å². The minimum atomic E-state index is -0.437. The number of aromatic nitrogens is 2. The largest absolute Gasteiger partial charge is 0.445 e. The highest BCUT2D eigenvalue weighted by Crippen LogP contribution is 2.19. The summed E-state index contributed by atoms with van der Waals surface area (Å²) in [6, 6.07) is 9.70. The van der Waals surface area contributed by atoms with Crippen LogP contribution in [0.1, 0.15) is 12.6 Å². The van der Waals surface area contributed by atoms with Crippen molar-refractivity contribution in [1.29, 1.82) is 0 Å². The number of para-hydroxylation sites is 1. The lowest BCUT2D eigenvalue weighted by Crippen LogP contribution is -2.13. The van der Waals surface area contributed by atoms with Gasteiger partial charge in [0.05, 0.1) is 11.0 Å². The molecule has 0 aliphatic carbocycles. The zero-order valence-electron chi connectivity index (χ0n) is 8.80. The molecule has 0 amide bonds. The molecule has 2 heterocycles. The average Bonchev–Trinajstić information content (AvgIpc) is 2.69. The smallest absolute Gasteiger partial charge is 0.297 e. The van der Waals surface area contributed by atoms with E-state index in [1.165, 1.54) is 0 Å².